The van der Waals surface area contributed by atoms with E-state index in [0.717, 1.165) is 0 Å². The van der Waals surface area contributed by atoms with Gasteiger partial charge in [0.25, 0.3) is 5.91 Å². The molecule has 0 bridgehead atoms. The first-order valence-corrected chi connectivity index (χ1v) is 6.89. The van der Waals surface area contributed by atoms with Crippen LogP contribution in [0.1, 0.15) is 35.2 Å². The maximum absolute atomic E-state index is 12.1. The molecule has 1 aromatic carbocycles. The number of rotatable bonds is 6. The van der Waals surface area contributed by atoms with E-state index in [-0.39, 0.29) is 13.0 Å². The lowest BCUT2D eigenvalue weighted by Gasteiger charge is -2.11. The first-order valence-electron chi connectivity index (χ1n) is 6.89. The molecule has 0 aromatic heterocycles. The monoisotopic (exact) mass is 315 g/mol. The van der Waals surface area contributed by atoms with Crippen LogP contribution in [-0.2, 0) is 11.2 Å². The fourth-order valence-corrected chi connectivity index (χ4v) is 2.08. The van der Waals surface area contributed by atoms with Crippen LogP contribution < -0.4 is 5.32 Å². The van der Waals surface area contributed by atoms with Crippen LogP contribution in [0, 0.1) is 5.41 Å². The van der Waals surface area contributed by atoms with Crippen molar-refractivity contribution in [2.45, 2.75) is 31.9 Å². The zero-order valence-corrected chi connectivity index (χ0v) is 11.7. The van der Waals surface area contributed by atoms with E-state index in [1.54, 1.807) is 0 Å². The summed E-state index contributed by atoms with van der Waals surface area (Å²) in [7, 11) is 0. The Bertz CT molecular complexity index is 562. The average molecular weight is 315 g/mol. The van der Waals surface area contributed by atoms with E-state index in [4.69, 9.17) is 5.11 Å². The number of carboxylic acid groups (broad SMARTS) is 1. The molecule has 120 valence electrons. The van der Waals surface area contributed by atoms with Gasteiger partial charge in [-0.2, -0.15) is 13.2 Å². The van der Waals surface area contributed by atoms with E-state index in [2.05, 4.69) is 5.32 Å². The summed E-state index contributed by atoms with van der Waals surface area (Å²) >= 11 is 0. The van der Waals surface area contributed by atoms with E-state index in [1.807, 2.05) is 0 Å². The zero-order chi connectivity index (χ0) is 16.4. The highest BCUT2D eigenvalue weighted by Gasteiger charge is 2.50. The molecule has 1 amide bonds. The van der Waals surface area contributed by atoms with Crippen molar-refractivity contribution in [3.8, 4) is 0 Å². The minimum Gasteiger partial charge on any atom is -0.481 e. The van der Waals surface area contributed by atoms with E-state index in [9.17, 15) is 22.8 Å². The lowest BCUT2D eigenvalue weighted by atomic mass is 10.1. The summed E-state index contributed by atoms with van der Waals surface area (Å²) in [5.41, 5.74) is -0.0440. The molecule has 0 heterocycles. The predicted molar refractivity (Wildman–Crippen MR) is 72.5 cm³/mol. The Morgan fingerprint density at radius 2 is 1.77 bits per heavy atom. The Hall–Kier alpha value is -2.05. The summed E-state index contributed by atoms with van der Waals surface area (Å²) in [6, 6.07) is 5.85. The number of carbonyl (C=O) groups excluding carboxylic acids is 1. The Kier molecular flexibility index (Phi) is 4.44. The second-order valence-corrected chi connectivity index (χ2v) is 5.58. The summed E-state index contributed by atoms with van der Waals surface area (Å²) in [5, 5.41) is 11.6. The zero-order valence-electron chi connectivity index (χ0n) is 11.7. The van der Waals surface area contributed by atoms with E-state index in [1.165, 1.54) is 24.3 Å². The summed E-state index contributed by atoms with van der Waals surface area (Å²) < 4.78 is 36.4. The number of halogens is 3. The maximum Gasteiger partial charge on any atom is 0.389 e. The number of amides is 1. The van der Waals surface area contributed by atoms with Gasteiger partial charge in [-0.25, -0.2) is 0 Å². The summed E-state index contributed by atoms with van der Waals surface area (Å²) in [6.07, 6.45) is -4.16. The Morgan fingerprint density at radius 1 is 1.18 bits per heavy atom. The molecule has 0 saturated heterocycles. The molecule has 0 aliphatic heterocycles. The van der Waals surface area contributed by atoms with Crippen molar-refractivity contribution in [1.29, 1.82) is 0 Å². The highest BCUT2D eigenvalue weighted by Crippen LogP contribution is 2.45. The number of aryl methyl sites for hydroxylation is 1. The average Bonchev–Trinajstić information content (AvgIpc) is 3.23. The first-order chi connectivity index (χ1) is 10.2. The van der Waals surface area contributed by atoms with E-state index in [0.29, 0.717) is 24.0 Å². The van der Waals surface area contributed by atoms with Crippen LogP contribution in [0.15, 0.2) is 24.3 Å². The van der Waals surface area contributed by atoms with Gasteiger partial charge in [0.1, 0.15) is 0 Å². The molecule has 1 saturated carbocycles. The number of hydrogen-bond donors (Lipinski definition) is 2. The summed E-state index contributed by atoms with van der Waals surface area (Å²) in [6.45, 7) is 0.0665. The van der Waals surface area contributed by atoms with Gasteiger partial charge < -0.3 is 10.4 Å². The van der Waals surface area contributed by atoms with Crippen LogP contribution in [0.3, 0.4) is 0 Å². The van der Waals surface area contributed by atoms with E-state index < -0.39 is 29.9 Å². The minimum atomic E-state index is -4.20. The fraction of sp³-hybridized carbons (Fsp3) is 0.467. The fourth-order valence-electron chi connectivity index (χ4n) is 2.08. The van der Waals surface area contributed by atoms with Crippen molar-refractivity contribution in [3.63, 3.8) is 0 Å². The second kappa shape index (κ2) is 5.98. The van der Waals surface area contributed by atoms with Crippen LogP contribution in [-0.4, -0.2) is 29.7 Å². The summed E-state index contributed by atoms with van der Waals surface area (Å²) in [5.74, 6) is -1.34. The second-order valence-electron chi connectivity index (χ2n) is 5.58. The molecule has 2 rings (SSSR count). The molecular weight excluding hydrogens is 299 g/mol. The molecule has 0 radical (unpaired) electrons. The third kappa shape index (κ3) is 4.22. The van der Waals surface area contributed by atoms with Crippen LogP contribution in [0.25, 0.3) is 0 Å². The molecule has 4 nitrogen and oxygen atoms in total. The number of benzene rings is 1. The maximum atomic E-state index is 12.1. The number of carboxylic acids is 1. The van der Waals surface area contributed by atoms with Crippen LogP contribution in [0.5, 0.6) is 0 Å². The van der Waals surface area contributed by atoms with Gasteiger partial charge in [0.2, 0.25) is 0 Å². The van der Waals surface area contributed by atoms with Crippen molar-refractivity contribution >= 4 is 11.9 Å². The number of alkyl halides is 3. The van der Waals surface area contributed by atoms with Gasteiger partial charge in [0, 0.05) is 18.5 Å². The van der Waals surface area contributed by atoms with Crippen molar-refractivity contribution in [2.24, 2.45) is 5.41 Å². The van der Waals surface area contributed by atoms with Gasteiger partial charge in [-0.05, 0) is 37.0 Å². The lowest BCUT2D eigenvalue weighted by molar-refractivity contribution is -0.143. The summed E-state index contributed by atoms with van der Waals surface area (Å²) in [4.78, 5) is 22.9. The standard InChI is InChI=1S/C15H16F3NO3/c16-15(17,18)6-5-10-1-3-11(4-2-10)12(20)19-9-14(7-8-14)13(21)22/h1-4H,5-9H2,(H,19,20)(H,21,22). The van der Waals surface area contributed by atoms with Crippen molar-refractivity contribution < 1.29 is 27.9 Å². The normalized spacial score (nSPS) is 16.1. The highest BCUT2D eigenvalue weighted by atomic mass is 19.4. The van der Waals surface area contributed by atoms with Gasteiger partial charge >= 0.3 is 12.1 Å². The Labute approximate surface area is 125 Å². The van der Waals surface area contributed by atoms with Gasteiger partial charge in [-0.3, -0.25) is 9.59 Å². The molecule has 1 aliphatic carbocycles. The first kappa shape index (κ1) is 16.3. The van der Waals surface area contributed by atoms with Gasteiger partial charge in [0.15, 0.2) is 0 Å². The van der Waals surface area contributed by atoms with Crippen LogP contribution in [0.2, 0.25) is 0 Å². The lowest BCUT2D eigenvalue weighted by Crippen LogP contribution is -2.34. The minimum absolute atomic E-state index is 0.0665. The smallest absolute Gasteiger partial charge is 0.389 e. The molecule has 1 fully saturated rings. The SMILES string of the molecule is O=C(NCC1(C(=O)O)CC1)c1ccc(CCC(F)(F)F)cc1. The van der Waals surface area contributed by atoms with Gasteiger partial charge in [-0.15, -0.1) is 0 Å². The largest absolute Gasteiger partial charge is 0.481 e. The molecule has 1 aromatic rings. The quantitative estimate of drug-likeness (QED) is 0.848. The predicted octanol–water partition coefficient (Wildman–Crippen LogP) is 2.78. The Balaban J connectivity index is 1.87. The number of carbonyl (C=O) groups is 2. The van der Waals surface area contributed by atoms with Crippen LogP contribution in [0.4, 0.5) is 13.2 Å². The van der Waals surface area contributed by atoms with Crippen molar-refractivity contribution in [3.05, 3.63) is 35.4 Å². The van der Waals surface area contributed by atoms with Gasteiger partial charge in [0.05, 0.1) is 5.41 Å². The highest BCUT2D eigenvalue weighted by molar-refractivity contribution is 5.94. The number of nitrogens with one attached hydrogen (secondary N) is 1. The molecule has 0 atom stereocenters. The van der Waals surface area contributed by atoms with Gasteiger partial charge in [-0.1, -0.05) is 12.1 Å². The third-order valence-electron chi connectivity index (χ3n) is 3.81. The molecule has 1 aliphatic rings. The topological polar surface area (TPSA) is 66.4 Å². The molecule has 22 heavy (non-hydrogen) atoms. The molecule has 2 N–H and O–H groups in total. The van der Waals surface area contributed by atoms with E-state index >= 15 is 0 Å². The molecule has 7 heteroatoms. The Morgan fingerprint density at radius 3 is 2.23 bits per heavy atom. The van der Waals surface area contributed by atoms with Crippen molar-refractivity contribution in [2.75, 3.05) is 6.54 Å². The molecule has 0 spiro atoms. The van der Waals surface area contributed by atoms with Crippen LogP contribution >= 0.6 is 0 Å². The molecular formula is C15H16F3NO3. The van der Waals surface area contributed by atoms with Crippen molar-refractivity contribution in [1.82, 2.24) is 5.32 Å². The molecule has 0 unspecified atom stereocenters. The number of aliphatic carboxylic acids is 1. The third-order valence-corrected chi connectivity index (χ3v) is 3.81. The number of hydrogen-bond acceptors (Lipinski definition) is 2.